The topological polar surface area (TPSA) is 0 Å². The van der Waals surface area contributed by atoms with E-state index in [9.17, 15) is 43.9 Å². The van der Waals surface area contributed by atoms with Crippen LogP contribution in [0, 0.1) is 124 Å². The third kappa shape index (κ3) is 28.7. The van der Waals surface area contributed by atoms with Crippen molar-refractivity contribution >= 4 is 0 Å². The fourth-order valence-electron chi connectivity index (χ4n) is 14.6. The summed E-state index contributed by atoms with van der Waals surface area (Å²) in [5, 5.41) is 0. The van der Waals surface area contributed by atoms with Crippen molar-refractivity contribution in [3.8, 4) is 115 Å². The summed E-state index contributed by atoms with van der Waals surface area (Å²) in [6, 6.07) is 92.3. The smallest absolute Gasteiger partial charge is 0.175 e. The summed E-state index contributed by atoms with van der Waals surface area (Å²) >= 11 is 0. The molecule has 15 rings (SSSR count). The molecule has 0 aliphatic rings. The predicted octanol–water partition coefficient (Wildman–Crippen LogP) is 32.9. The molecular formula is C125H110F10. The molecule has 0 aromatic heterocycles. The fraction of sp³-hybridized carbons (Fsp3) is 0.200. The van der Waals surface area contributed by atoms with Gasteiger partial charge in [0.05, 0.1) is 27.8 Å². The minimum absolute atomic E-state index is 0.0629. The van der Waals surface area contributed by atoms with Gasteiger partial charge in [0.25, 0.3) is 0 Å². The van der Waals surface area contributed by atoms with Gasteiger partial charge in [-0.25, -0.2) is 43.9 Å². The summed E-state index contributed by atoms with van der Waals surface area (Å²) in [4.78, 5) is 0. The van der Waals surface area contributed by atoms with E-state index in [0.29, 0.717) is 27.8 Å². The van der Waals surface area contributed by atoms with Gasteiger partial charge in [0.2, 0.25) is 0 Å². The highest BCUT2D eigenvalue weighted by Gasteiger charge is 2.20. The molecule has 135 heavy (non-hydrogen) atoms. The minimum Gasteiger partial charge on any atom is -0.203 e. The van der Waals surface area contributed by atoms with Crippen molar-refractivity contribution in [2.24, 2.45) is 0 Å². The Kier molecular flexibility index (Phi) is 38.5. The molecule has 15 aromatic rings. The lowest BCUT2D eigenvalue weighted by Crippen LogP contribution is -1.94. The third-order valence-corrected chi connectivity index (χ3v) is 23.2. The standard InChI is InChI=1S/C27H26F2.C26H24F2.C25H22F2.C24H20F2.C23H18F2/c1-3-5-6-7-21-12-15-23(16-13-21)25-19-18-24(26(28)27(25)29)17-14-22-10-8-20(4-2)9-11-22;1-3-5-6-20-11-14-22(15-12-20)24-18-17-23(25(27)26(24)28)16-13-21-9-7-19(4-2)8-10-21;1-3-5-19-10-13-21(14-11-19)23-17-16-22(24(26)25(23)27)15-12-20-8-6-18(4-2)7-9-20;1-3-17-5-7-19(8-6-17)11-14-21-15-16-22(24(26)23(21)25)20-12-9-18(4-2)10-13-20;1-3-17-6-8-18(9-7-17)10-13-20-14-15-21(23(25)22(20)24)19-11-4-16(2)5-12-19/h8-13,15-16,18-19H,3-7H2,1-2H3;7-12,14-15,17-18H,3-6H2,1-2H3;6-11,13-14,16-17H,3-5H2,1-2H3;5-10,12-13,15-16H,3-4H2,1-2H3;4-9,11-12,14-15H,3H2,1-2H3. The molecule has 0 heterocycles. The van der Waals surface area contributed by atoms with E-state index in [4.69, 9.17) is 0 Å². The Hall–Kier alpha value is -14.6. The van der Waals surface area contributed by atoms with Crippen LogP contribution in [-0.4, -0.2) is 0 Å². The summed E-state index contributed by atoms with van der Waals surface area (Å²) in [5.41, 5.74) is 20.8. The van der Waals surface area contributed by atoms with Gasteiger partial charge in [-0.1, -0.05) is 335 Å². The van der Waals surface area contributed by atoms with E-state index in [0.717, 1.165) is 122 Å². The molecule has 0 bridgehead atoms. The molecular weight excluding hydrogens is 1690 g/mol. The number of rotatable bonds is 20. The van der Waals surface area contributed by atoms with Gasteiger partial charge in [-0.05, 0) is 277 Å². The number of hydrogen-bond acceptors (Lipinski definition) is 0. The van der Waals surface area contributed by atoms with Crippen LogP contribution in [0.5, 0.6) is 0 Å². The first kappa shape index (κ1) is 101. The zero-order valence-electron chi connectivity index (χ0n) is 78.3. The Morgan fingerprint density at radius 2 is 0.348 bits per heavy atom. The second-order valence-electron chi connectivity index (χ2n) is 32.8. The number of hydrogen-bond donors (Lipinski definition) is 0. The van der Waals surface area contributed by atoms with Crippen LogP contribution in [0.3, 0.4) is 0 Å². The molecule has 0 fully saturated rings. The first-order valence-corrected chi connectivity index (χ1v) is 46.5. The van der Waals surface area contributed by atoms with E-state index in [1.165, 1.54) is 69.5 Å². The molecule has 0 atom stereocenters. The van der Waals surface area contributed by atoms with Crippen LogP contribution in [-0.2, 0) is 57.8 Å². The predicted molar refractivity (Wildman–Crippen MR) is 538 cm³/mol. The SMILES string of the molecule is CCCCCc1ccc(-c2ccc(C#Cc3ccc(CC)cc3)c(F)c2F)cc1.CCCCc1ccc(-c2ccc(C#Cc3ccc(CC)cc3)c(F)c2F)cc1.CCCc1ccc(-c2ccc(C#Cc3ccc(CC)cc3)c(F)c2F)cc1.CCc1ccc(C#Cc2ccc(-c3ccc(C)cc3)c(F)c2F)cc1.CCc1ccc(C#Cc2ccc(-c3ccc(CC)cc3)c(F)c2F)cc1. The molecule has 0 aliphatic carbocycles. The molecule has 0 saturated carbocycles. The number of halogens is 10. The van der Waals surface area contributed by atoms with E-state index >= 15 is 0 Å². The second-order valence-corrected chi connectivity index (χ2v) is 32.8. The fourth-order valence-corrected chi connectivity index (χ4v) is 14.6. The highest BCUT2D eigenvalue weighted by molar-refractivity contribution is 5.71. The summed E-state index contributed by atoms with van der Waals surface area (Å²) in [5.74, 6) is 19.5. The van der Waals surface area contributed by atoms with Crippen molar-refractivity contribution < 1.29 is 43.9 Å². The maximum atomic E-state index is 14.7. The lowest BCUT2D eigenvalue weighted by molar-refractivity contribution is 0.509. The summed E-state index contributed by atoms with van der Waals surface area (Å²) in [6.45, 7) is 20.8. The van der Waals surface area contributed by atoms with Gasteiger partial charge in [0.1, 0.15) is 0 Å². The van der Waals surface area contributed by atoms with Crippen molar-refractivity contribution in [3.63, 3.8) is 0 Å². The van der Waals surface area contributed by atoms with E-state index in [1.54, 1.807) is 60.7 Å². The van der Waals surface area contributed by atoms with Gasteiger partial charge in [-0.3, -0.25) is 0 Å². The summed E-state index contributed by atoms with van der Waals surface area (Å²) in [7, 11) is 0. The van der Waals surface area contributed by atoms with Crippen molar-refractivity contribution in [2.75, 3.05) is 0 Å². The summed E-state index contributed by atoms with van der Waals surface area (Å²) < 4.78 is 145. The molecule has 0 unspecified atom stereocenters. The van der Waals surface area contributed by atoms with Crippen LogP contribution >= 0.6 is 0 Å². The van der Waals surface area contributed by atoms with Gasteiger partial charge >= 0.3 is 0 Å². The van der Waals surface area contributed by atoms with E-state index in [-0.39, 0.29) is 55.6 Å². The van der Waals surface area contributed by atoms with Gasteiger partial charge in [-0.15, -0.1) is 0 Å². The number of unbranched alkanes of at least 4 members (excludes halogenated alkanes) is 3. The largest absolute Gasteiger partial charge is 0.203 e. The lowest BCUT2D eigenvalue weighted by atomic mass is 9.99. The van der Waals surface area contributed by atoms with Crippen molar-refractivity contribution in [3.05, 3.63) is 473 Å². The van der Waals surface area contributed by atoms with E-state index < -0.39 is 58.2 Å². The van der Waals surface area contributed by atoms with Crippen LogP contribution < -0.4 is 0 Å². The Morgan fingerprint density at radius 1 is 0.163 bits per heavy atom. The van der Waals surface area contributed by atoms with Crippen molar-refractivity contribution in [1.82, 2.24) is 0 Å². The quantitative estimate of drug-likeness (QED) is 0.0405. The second kappa shape index (κ2) is 51.4. The van der Waals surface area contributed by atoms with Crippen LogP contribution in [0.1, 0.15) is 212 Å². The molecule has 0 nitrogen and oxygen atoms in total. The molecule has 0 radical (unpaired) electrons. The average Bonchev–Trinajstić information content (AvgIpc) is 0.815. The van der Waals surface area contributed by atoms with Gasteiger partial charge in [-0.2, -0.15) is 0 Å². The highest BCUT2D eigenvalue weighted by Crippen LogP contribution is 2.34. The summed E-state index contributed by atoms with van der Waals surface area (Å²) in [6.07, 6.45) is 15.5. The lowest BCUT2D eigenvalue weighted by Gasteiger charge is -2.07. The highest BCUT2D eigenvalue weighted by atomic mass is 19.2. The maximum Gasteiger partial charge on any atom is 0.175 e. The third-order valence-electron chi connectivity index (χ3n) is 23.2. The zero-order chi connectivity index (χ0) is 96.1. The van der Waals surface area contributed by atoms with Gasteiger partial charge in [0, 0.05) is 55.6 Å². The van der Waals surface area contributed by atoms with Gasteiger partial charge < -0.3 is 0 Å². The Morgan fingerprint density at radius 3 is 0.548 bits per heavy atom. The Balaban J connectivity index is 0.000000162. The average molecular weight is 1800 g/mol. The van der Waals surface area contributed by atoms with Crippen molar-refractivity contribution in [1.29, 1.82) is 0 Å². The Labute approximate surface area is 792 Å². The van der Waals surface area contributed by atoms with Crippen LogP contribution in [0.4, 0.5) is 43.9 Å². The monoisotopic (exact) mass is 1800 g/mol. The zero-order valence-corrected chi connectivity index (χ0v) is 78.3. The number of aryl methyl sites for hydroxylation is 10. The molecule has 0 saturated heterocycles. The molecule has 0 spiro atoms. The van der Waals surface area contributed by atoms with Crippen LogP contribution in [0.2, 0.25) is 0 Å². The normalized spacial score (nSPS) is 10.4. The molecule has 680 valence electrons. The van der Waals surface area contributed by atoms with E-state index in [1.807, 2.05) is 237 Å². The molecule has 10 heteroatoms. The first-order chi connectivity index (χ1) is 65.6. The van der Waals surface area contributed by atoms with Crippen LogP contribution in [0.15, 0.2) is 303 Å². The molecule has 15 aromatic carbocycles. The number of benzene rings is 15. The first-order valence-electron chi connectivity index (χ1n) is 46.5. The minimum atomic E-state index is -0.907. The molecule has 0 N–H and O–H groups in total. The molecule has 0 aliphatic heterocycles. The Bertz CT molecular complexity index is 6790. The molecule has 0 amide bonds. The van der Waals surface area contributed by atoms with Crippen LogP contribution in [0.25, 0.3) is 55.6 Å². The van der Waals surface area contributed by atoms with Crippen molar-refractivity contribution in [2.45, 2.75) is 166 Å². The maximum absolute atomic E-state index is 14.7. The van der Waals surface area contributed by atoms with Gasteiger partial charge in [0.15, 0.2) is 58.2 Å². The van der Waals surface area contributed by atoms with E-state index in [2.05, 4.69) is 122 Å².